The zero-order valence-corrected chi connectivity index (χ0v) is 30.0. The fraction of sp³-hybridized carbons (Fsp3) is 0.0189. The van der Waals surface area contributed by atoms with E-state index in [4.69, 9.17) is 9.97 Å². The van der Waals surface area contributed by atoms with Crippen LogP contribution in [0.15, 0.2) is 206 Å². The van der Waals surface area contributed by atoms with Gasteiger partial charge < -0.3 is 0 Å². The van der Waals surface area contributed by atoms with E-state index in [2.05, 4.69) is 200 Å². The van der Waals surface area contributed by atoms with Crippen molar-refractivity contribution in [3.8, 4) is 78.4 Å². The molecule has 256 valence electrons. The fourth-order valence-electron chi connectivity index (χ4n) is 9.24. The lowest BCUT2D eigenvalue weighted by molar-refractivity contribution is 0.775. The van der Waals surface area contributed by atoms with Crippen molar-refractivity contribution < 1.29 is 0 Å². The molecule has 0 aliphatic heterocycles. The van der Waals surface area contributed by atoms with Gasteiger partial charge in [-0.15, -0.1) is 0 Å². The zero-order valence-electron chi connectivity index (χ0n) is 30.0. The minimum absolute atomic E-state index is 0.525. The highest BCUT2D eigenvalue weighted by Gasteiger charge is 2.49. The summed E-state index contributed by atoms with van der Waals surface area (Å²) in [6.07, 6.45) is 0. The van der Waals surface area contributed by atoms with Crippen LogP contribution in [0, 0.1) is 0 Å². The Hall–Kier alpha value is -7.16. The van der Waals surface area contributed by atoms with E-state index in [0.717, 1.165) is 39.2 Å². The molecule has 0 unspecified atom stereocenters. The Morgan fingerprint density at radius 2 is 0.673 bits per heavy atom. The average Bonchev–Trinajstić information content (AvgIpc) is 3.51. The maximum absolute atomic E-state index is 5.37. The molecule has 0 saturated carbocycles. The van der Waals surface area contributed by atoms with Gasteiger partial charge in [-0.1, -0.05) is 194 Å². The number of rotatable bonds is 4. The van der Waals surface area contributed by atoms with Gasteiger partial charge in [0.2, 0.25) is 0 Å². The molecule has 2 heteroatoms. The molecule has 1 aromatic heterocycles. The smallest absolute Gasteiger partial charge is 0.160 e. The first kappa shape index (κ1) is 31.4. The van der Waals surface area contributed by atoms with Gasteiger partial charge in [-0.3, -0.25) is 0 Å². The third kappa shape index (κ3) is 4.75. The lowest BCUT2D eigenvalue weighted by Crippen LogP contribution is -2.29. The predicted molar refractivity (Wildman–Crippen MR) is 226 cm³/mol. The lowest BCUT2D eigenvalue weighted by Gasteiger charge is -2.35. The predicted octanol–water partition coefficient (Wildman–Crippen LogP) is 13.2. The van der Waals surface area contributed by atoms with Crippen molar-refractivity contribution >= 4 is 0 Å². The third-order valence-corrected chi connectivity index (χ3v) is 11.6. The molecule has 11 rings (SSSR count). The molecule has 0 bridgehead atoms. The molecule has 0 saturated heterocycles. The maximum Gasteiger partial charge on any atom is 0.160 e. The molecule has 8 aromatic carbocycles. The quantitative estimate of drug-likeness (QED) is 0.183. The van der Waals surface area contributed by atoms with E-state index in [0.29, 0.717) is 5.82 Å². The van der Waals surface area contributed by atoms with E-state index < -0.39 is 5.41 Å². The number of hydrogen-bond acceptors (Lipinski definition) is 2. The van der Waals surface area contributed by atoms with Crippen molar-refractivity contribution in [1.82, 2.24) is 9.97 Å². The monoisotopic (exact) mass is 698 g/mol. The summed E-state index contributed by atoms with van der Waals surface area (Å²) in [4.78, 5) is 10.7. The minimum atomic E-state index is -0.525. The molecular weight excluding hydrogens is 665 g/mol. The number of nitrogens with zero attached hydrogens (tertiary/aromatic N) is 2. The Labute approximate surface area is 321 Å². The van der Waals surface area contributed by atoms with Gasteiger partial charge in [0.05, 0.1) is 16.8 Å². The van der Waals surface area contributed by atoms with Crippen molar-refractivity contribution in [3.63, 3.8) is 0 Å². The molecule has 2 nitrogen and oxygen atoms in total. The van der Waals surface area contributed by atoms with Crippen LogP contribution >= 0.6 is 0 Å². The van der Waals surface area contributed by atoms with E-state index in [9.17, 15) is 0 Å². The first-order valence-electron chi connectivity index (χ1n) is 18.9. The van der Waals surface area contributed by atoms with E-state index in [-0.39, 0.29) is 0 Å². The maximum atomic E-state index is 5.37. The highest BCUT2D eigenvalue weighted by atomic mass is 14.9. The summed E-state index contributed by atoms with van der Waals surface area (Å²) in [6.45, 7) is 0. The molecule has 9 aromatic rings. The minimum Gasteiger partial charge on any atom is -0.228 e. The van der Waals surface area contributed by atoms with Crippen LogP contribution in [0.3, 0.4) is 0 Å². The van der Waals surface area contributed by atoms with Crippen molar-refractivity contribution in [3.05, 3.63) is 229 Å². The van der Waals surface area contributed by atoms with Crippen LogP contribution in [0.2, 0.25) is 0 Å². The Bertz CT molecular complexity index is 2860. The summed E-state index contributed by atoms with van der Waals surface area (Å²) in [7, 11) is 0. The fourth-order valence-corrected chi connectivity index (χ4v) is 9.24. The highest BCUT2D eigenvalue weighted by molar-refractivity contribution is 5.98. The molecule has 0 fully saturated rings. The van der Waals surface area contributed by atoms with Crippen LogP contribution in [0.4, 0.5) is 0 Å². The second-order valence-electron chi connectivity index (χ2n) is 14.4. The molecule has 2 aliphatic carbocycles. The Balaban J connectivity index is 1.17. The molecular formula is C53H34N2. The van der Waals surface area contributed by atoms with Gasteiger partial charge in [0.25, 0.3) is 0 Å². The third-order valence-electron chi connectivity index (χ3n) is 11.6. The zero-order chi connectivity index (χ0) is 36.3. The van der Waals surface area contributed by atoms with Gasteiger partial charge in [-0.2, -0.15) is 0 Å². The number of hydrogen-bond donors (Lipinski definition) is 0. The van der Waals surface area contributed by atoms with Crippen LogP contribution in [-0.4, -0.2) is 9.97 Å². The Morgan fingerprint density at radius 3 is 1.25 bits per heavy atom. The molecule has 55 heavy (non-hydrogen) atoms. The van der Waals surface area contributed by atoms with Gasteiger partial charge in [-0.05, 0) is 78.9 Å². The second-order valence-corrected chi connectivity index (χ2v) is 14.4. The summed E-state index contributed by atoms with van der Waals surface area (Å²) in [5.41, 5.74) is 19.4. The van der Waals surface area contributed by atoms with Gasteiger partial charge in [-0.25, -0.2) is 9.97 Å². The Morgan fingerprint density at radius 1 is 0.255 bits per heavy atom. The summed E-state index contributed by atoms with van der Waals surface area (Å²) in [5.74, 6) is 0.703. The molecule has 0 atom stereocenters. The Kier molecular flexibility index (Phi) is 7.11. The number of benzene rings is 8. The van der Waals surface area contributed by atoms with Crippen molar-refractivity contribution in [1.29, 1.82) is 0 Å². The van der Waals surface area contributed by atoms with Crippen molar-refractivity contribution in [2.75, 3.05) is 0 Å². The highest BCUT2D eigenvalue weighted by Crippen LogP contribution is 2.61. The summed E-state index contributed by atoms with van der Waals surface area (Å²) < 4.78 is 0. The van der Waals surface area contributed by atoms with Crippen molar-refractivity contribution in [2.24, 2.45) is 0 Å². The van der Waals surface area contributed by atoms with Crippen LogP contribution in [-0.2, 0) is 5.41 Å². The molecule has 0 N–H and O–H groups in total. The molecule has 0 amide bonds. The largest absolute Gasteiger partial charge is 0.228 e. The standard InChI is InChI=1S/C53H34N2/c1-3-17-35(18-4-1)38-21-7-10-27-44(38)51-34-50(36-19-5-2-6-20-36)54-52(55-51)37-31-32-49-45(33-37)43-26-13-16-30-48(43)53(49)46-28-14-11-24-41(46)39-22-8-9-23-40(39)42-25-12-15-29-47(42)53/h1-34H. The van der Waals surface area contributed by atoms with Crippen LogP contribution in [0.1, 0.15) is 22.3 Å². The average molecular weight is 699 g/mol. The first-order chi connectivity index (χ1) is 27.3. The summed E-state index contributed by atoms with van der Waals surface area (Å²) in [5, 5.41) is 0. The van der Waals surface area contributed by atoms with Crippen LogP contribution < -0.4 is 0 Å². The molecule has 1 heterocycles. The normalized spacial score (nSPS) is 12.9. The molecule has 2 aliphatic rings. The van der Waals surface area contributed by atoms with E-state index >= 15 is 0 Å². The van der Waals surface area contributed by atoms with Crippen LogP contribution in [0.5, 0.6) is 0 Å². The summed E-state index contributed by atoms with van der Waals surface area (Å²) in [6, 6.07) is 74.5. The van der Waals surface area contributed by atoms with Crippen LogP contribution in [0.25, 0.3) is 78.4 Å². The van der Waals surface area contributed by atoms with Gasteiger partial charge in [0.15, 0.2) is 5.82 Å². The lowest BCUT2D eigenvalue weighted by atomic mass is 9.66. The van der Waals surface area contributed by atoms with Gasteiger partial charge >= 0.3 is 0 Å². The number of fused-ring (bicyclic) bond motifs is 12. The van der Waals surface area contributed by atoms with E-state index in [1.54, 1.807) is 0 Å². The van der Waals surface area contributed by atoms with Gasteiger partial charge in [0, 0.05) is 16.7 Å². The first-order valence-corrected chi connectivity index (χ1v) is 18.9. The van der Waals surface area contributed by atoms with E-state index in [1.165, 1.54) is 55.6 Å². The van der Waals surface area contributed by atoms with Crippen molar-refractivity contribution in [2.45, 2.75) is 5.41 Å². The number of aromatic nitrogens is 2. The summed E-state index contributed by atoms with van der Waals surface area (Å²) >= 11 is 0. The SMILES string of the molecule is c1ccc(-c2cc(-c3ccccc3-c3ccccc3)nc(-c3ccc4c(c3)-c3ccccc3C43c4ccccc4-c4ccccc4-c4ccccc43)n2)cc1. The van der Waals surface area contributed by atoms with E-state index in [1.807, 2.05) is 6.07 Å². The molecule has 0 radical (unpaired) electrons. The topological polar surface area (TPSA) is 25.8 Å². The second kappa shape index (κ2) is 12.5. The molecule has 1 spiro atoms. The van der Waals surface area contributed by atoms with Gasteiger partial charge in [0.1, 0.15) is 0 Å².